The van der Waals surface area contributed by atoms with Gasteiger partial charge < -0.3 is 4.57 Å². The average molecular weight is 276 g/mol. The molecule has 0 amide bonds. The molecule has 0 radical (unpaired) electrons. The number of hydrogen-bond donors (Lipinski definition) is 0. The van der Waals surface area contributed by atoms with E-state index in [1.165, 1.54) is 10.6 Å². The maximum atomic E-state index is 12.3. The van der Waals surface area contributed by atoms with Gasteiger partial charge in [-0.15, -0.1) is 0 Å². The molecule has 108 valence electrons. The largest absolute Gasteiger partial charge is 0.331 e. The highest BCUT2D eigenvalue weighted by atomic mass is 16.2. The van der Waals surface area contributed by atoms with Gasteiger partial charge in [-0.1, -0.05) is 13.8 Å². The van der Waals surface area contributed by atoms with E-state index in [-0.39, 0.29) is 17.8 Å². The summed E-state index contributed by atoms with van der Waals surface area (Å²) in [4.78, 5) is 24.2. The highest BCUT2D eigenvalue weighted by Crippen LogP contribution is 2.04. The van der Waals surface area contributed by atoms with Crippen LogP contribution in [0, 0.1) is 0 Å². The second kappa shape index (κ2) is 5.90. The number of hydrogen-bond acceptors (Lipinski definition) is 3. The van der Waals surface area contributed by atoms with Crippen molar-refractivity contribution in [2.45, 2.75) is 39.8 Å². The summed E-state index contributed by atoms with van der Waals surface area (Å²) in [6.07, 6.45) is 3.24. The standard InChI is InChI=1S/C14H20N4O2/c1-4-7-17-8-6-13(19)18(14(17)20)10-12-9-11(5-2)15-16(12)3/h6,8-9H,4-5,7,10H2,1-3H3. The second-order valence-corrected chi connectivity index (χ2v) is 4.82. The predicted octanol–water partition coefficient (Wildman–Crippen LogP) is 0.764. The lowest BCUT2D eigenvalue weighted by Gasteiger charge is -2.09. The Morgan fingerprint density at radius 1 is 1.25 bits per heavy atom. The van der Waals surface area contributed by atoms with Crippen LogP contribution in [0.15, 0.2) is 27.9 Å². The number of aryl methyl sites for hydroxylation is 3. The van der Waals surface area contributed by atoms with Crippen molar-refractivity contribution in [1.29, 1.82) is 0 Å². The minimum absolute atomic E-state index is 0.256. The number of nitrogens with zero attached hydrogens (tertiary/aromatic N) is 4. The summed E-state index contributed by atoms with van der Waals surface area (Å²) in [5.74, 6) is 0. The van der Waals surface area contributed by atoms with Crippen molar-refractivity contribution in [2.75, 3.05) is 0 Å². The summed E-state index contributed by atoms with van der Waals surface area (Å²) >= 11 is 0. The lowest BCUT2D eigenvalue weighted by Crippen LogP contribution is -2.39. The van der Waals surface area contributed by atoms with Gasteiger partial charge >= 0.3 is 5.69 Å². The van der Waals surface area contributed by atoms with Crippen LogP contribution in [0.3, 0.4) is 0 Å². The van der Waals surface area contributed by atoms with E-state index in [2.05, 4.69) is 5.10 Å². The minimum atomic E-state index is -0.276. The molecule has 0 saturated heterocycles. The first-order valence-corrected chi connectivity index (χ1v) is 6.88. The highest BCUT2D eigenvalue weighted by Gasteiger charge is 2.09. The van der Waals surface area contributed by atoms with E-state index in [1.807, 2.05) is 27.0 Å². The maximum absolute atomic E-state index is 12.3. The lowest BCUT2D eigenvalue weighted by molar-refractivity contribution is 0.555. The molecule has 0 spiro atoms. The Labute approximate surface area is 117 Å². The molecule has 2 rings (SSSR count). The molecule has 0 unspecified atom stereocenters. The zero-order valence-corrected chi connectivity index (χ0v) is 12.2. The van der Waals surface area contributed by atoms with Crippen molar-refractivity contribution < 1.29 is 0 Å². The van der Waals surface area contributed by atoms with E-state index in [9.17, 15) is 9.59 Å². The predicted molar refractivity (Wildman–Crippen MR) is 76.9 cm³/mol. The Bertz CT molecular complexity index is 709. The van der Waals surface area contributed by atoms with E-state index in [4.69, 9.17) is 0 Å². The highest BCUT2D eigenvalue weighted by molar-refractivity contribution is 5.10. The van der Waals surface area contributed by atoms with Crippen molar-refractivity contribution in [2.24, 2.45) is 7.05 Å². The zero-order chi connectivity index (χ0) is 14.7. The topological polar surface area (TPSA) is 61.8 Å². The first kappa shape index (κ1) is 14.3. The van der Waals surface area contributed by atoms with E-state index >= 15 is 0 Å². The van der Waals surface area contributed by atoms with E-state index in [1.54, 1.807) is 15.4 Å². The molecule has 0 bridgehead atoms. The Morgan fingerprint density at radius 2 is 2.00 bits per heavy atom. The van der Waals surface area contributed by atoms with Crippen LogP contribution in [0.4, 0.5) is 0 Å². The fraction of sp³-hybridized carbons (Fsp3) is 0.500. The molecular formula is C14H20N4O2. The van der Waals surface area contributed by atoms with Crippen LogP contribution in [-0.2, 0) is 26.6 Å². The van der Waals surface area contributed by atoms with Gasteiger partial charge in [-0.05, 0) is 18.9 Å². The summed E-state index contributed by atoms with van der Waals surface area (Å²) < 4.78 is 4.55. The zero-order valence-electron chi connectivity index (χ0n) is 12.2. The smallest absolute Gasteiger partial charge is 0.300 e. The van der Waals surface area contributed by atoms with Gasteiger partial charge in [0.1, 0.15) is 0 Å². The first-order valence-electron chi connectivity index (χ1n) is 6.88. The molecule has 2 aromatic heterocycles. The van der Waals surface area contributed by atoms with Crippen LogP contribution in [0.5, 0.6) is 0 Å². The normalized spacial score (nSPS) is 10.9. The van der Waals surface area contributed by atoms with Crippen molar-refractivity contribution in [3.63, 3.8) is 0 Å². The van der Waals surface area contributed by atoms with E-state index in [0.717, 1.165) is 24.2 Å². The summed E-state index contributed by atoms with van der Waals surface area (Å²) in [6, 6.07) is 3.37. The molecule has 2 aromatic rings. The third kappa shape index (κ3) is 2.74. The SMILES string of the molecule is CCCn1ccc(=O)n(Cc2cc(CC)nn2C)c1=O. The van der Waals surface area contributed by atoms with Gasteiger partial charge in [0, 0.05) is 25.9 Å². The Kier molecular flexibility index (Phi) is 4.22. The van der Waals surface area contributed by atoms with Crippen molar-refractivity contribution in [3.8, 4) is 0 Å². The van der Waals surface area contributed by atoms with Crippen LogP contribution < -0.4 is 11.2 Å². The van der Waals surface area contributed by atoms with Crippen molar-refractivity contribution >= 4 is 0 Å². The van der Waals surface area contributed by atoms with Crippen molar-refractivity contribution in [3.05, 3.63) is 50.6 Å². The van der Waals surface area contributed by atoms with Crippen LogP contribution in [-0.4, -0.2) is 18.9 Å². The fourth-order valence-corrected chi connectivity index (χ4v) is 2.17. The molecule has 6 heteroatoms. The Balaban J connectivity index is 2.42. The summed E-state index contributed by atoms with van der Waals surface area (Å²) in [7, 11) is 1.83. The molecule has 0 aliphatic carbocycles. The third-order valence-corrected chi connectivity index (χ3v) is 3.31. The van der Waals surface area contributed by atoms with Gasteiger partial charge in [-0.2, -0.15) is 5.10 Å². The Hall–Kier alpha value is -2.11. The quantitative estimate of drug-likeness (QED) is 0.810. The van der Waals surface area contributed by atoms with Gasteiger partial charge in [0.05, 0.1) is 17.9 Å². The summed E-state index contributed by atoms with van der Waals surface area (Å²) in [5, 5.41) is 4.34. The minimum Gasteiger partial charge on any atom is -0.300 e. The number of aromatic nitrogens is 4. The lowest BCUT2D eigenvalue weighted by atomic mass is 10.3. The first-order chi connectivity index (χ1) is 9.56. The summed E-state index contributed by atoms with van der Waals surface area (Å²) in [6.45, 7) is 4.89. The van der Waals surface area contributed by atoms with Gasteiger partial charge in [-0.25, -0.2) is 4.79 Å². The van der Waals surface area contributed by atoms with Crippen LogP contribution in [0.2, 0.25) is 0 Å². The molecule has 6 nitrogen and oxygen atoms in total. The van der Waals surface area contributed by atoms with Gasteiger partial charge in [0.2, 0.25) is 0 Å². The van der Waals surface area contributed by atoms with Gasteiger partial charge in [0.25, 0.3) is 5.56 Å². The molecule has 0 saturated carbocycles. The average Bonchev–Trinajstić information content (AvgIpc) is 2.78. The molecule has 0 atom stereocenters. The molecule has 0 fully saturated rings. The molecule has 20 heavy (non-hydrogen) atoms. The summed E-state index contributed by atoms with van der Waals surface area (Å²) in [5.41, 5.74) is 1.27. The molecule has 0 N–H and O–H groups in total. The molecular weight excluding hydrogens is 256 g/mol. The van der Waals surface area contributed by atoms with Gasteiger partial charge in [0.15, 0.2) is 0 Å². The molecule has 0 aliphatic heterocycles. The third-order valence-electron chi connectivity index (χ3n) is 3.31. The molecule has 0 aliphatic rings. The monoisotopic (exact) mass is 276 g/mol. The molecule has 0 aromatic carbocycles. The van der Waals surface area contributed by atoms with Crippen LogP contribution in [0.1, 0.15) is 31.7 Å². The Morgan fingerprint density at radius 3 is 2.60 bits per heavy atom. The fourth-order valence-electron chi connectivity index (χ4n) is 2.17. The number of rotatable bonds is 5. The van der Waals surface area contributed by atoms with Crippen LogP contribution >= 0.6 is 0 Å². The van der Waals surface area contributed by atoms with Crippen molar-refractivity contribution in [1.82, 2.24) is 18.9 Å². The van der Waals surface area contributed by atoms with Crippen LogP contribution in [0.25, 0.3) is 0 Å². The van der Waals surface area contributed by atoms with Gasteiger partial charge in [-0.3, -0.25) is 14.0 Å². The van der Waals surface area contributed by atoms with E-state index in [0.29, 0.717) is 6.54 Å². The van der Waals surface area contributed by atoms with E-state index < -0.39 is 0 Å². The second-order valence-electron chi connectivity index (χ2n) is 4.82. The molecule has 2 heterocycles. The maximum Gasteiger partial charge on any atom is 0.331 e.